The molecule has 0 radical (unpaired) electrons. The molecule has 0 saturated heterocycles. The fourth-order valence-electron chi connectivity index (χ4n) is 2.14. The van der Waals surface area contributed by atoms with E-state index in [0.717, 1.165) is 8.78 Å². The Morgan fingerprint density at radius 3 is 2.44 bits per heavy atom. The number of nitrogens with zero attached hydrogens (tertiary/aromatic N) is 1. The van der Waals surface area contributed by atoms with Gasteiger partial charge in [0.1, 0.15) is 12.3 Å². The Bertz CT molecular complexity index is 836. The zero-order valence-electron chi connectivity index (χ0n) is 13.8. The predicted octanol–water partition coefficient (Wildman–Crippen LogP) is 3.22. The van der Waals surface area contributed by atoms with E-state index in [-0.39, 0.29) is 11.5 Å². The maximum absolute atomic E-state index is 13.0. The molecule has 0 aliphatic heterocycles. The minimum absolute atomic E-state index is 0.0721. The molecule has 2 rings (SSSR count). The Balaban J connectivity index is 2.49. The van der Waals surface area contributed by atoms with Crippen LogP contribution in [0.2, 0.25) is 0 Å². The van der Waals surface area contributed by atoms with Crippen molar-refractivity contribution < 1.29 is 22.7 Å². The molecule has 0 N–H and O–H groups in total. The minimum atomic E-state index is -3.95. The van der Waals surface area contributed by atoms with Crippen LogP contribution in [0.25, 0.3) is 0 Å². The van der Waals surface area contributed by atoms with Crippen molar-refractivity contribution in [1.29, 1.82) is 0 Å². The minimum Gasteiger partial charge on any atom is -0.497 e. The van der Waals surface area contributed by atoms with Gasteiger partial charge in [0.15, 0.2) is 0 Å². The van der Waals surface area contributed by atoms with Crippen molar-refractivity contribution in [2.75, 3.05) is 24.6 Å². The van der Waals surface area contributed by atoms with Crippen LogP contribution in [0.15, 0.2) is 57.9 Å². The molecular weight excluding hydrogens is 410 g/mol. The number of hydrogen-bond donors (Lipinski definition) is 0. The fraction of sp³-hybridized carbons (Fsp3) is 0.235. The second-order valence-electron chi connectivity index (χ2n) is 4.97. The Labute approximate surface area is 155 Å². The third-order valence-corrected chi connectivity index (χ3v) is 5.64. The normalized spacial score (nSPS) is 11.0. The summed E-state index contributed by atoms with van der Waals surface area (Å²) in [6, 6.07) is 12.7. The van der Waals surface area contributed by atoms with Gasteiger partial charge in [-0.15, -0.1) is 0 Å². The van der Waals surface area contributed by atoms with Crippen molar-refractivity contribution in [2.24, 2.45) is 0 Å². The quantitative estimate of drug-likeness (QED) is 0.634. The lowest BCUT2D eigenvalue weighted by atomic mass is 10.3. The number of rotatable bonds is 7. The standard InChI is InChI=1S/C17H18BrNO5S/c1-3-24-17(20)12-19(14-5-4-6-15(11-14)23-2)25(21,22)16-9-7-13(18)8-10-16/h4-11H,3,12H2,1-2H3. The molecule has 0 aliphatic carbocycles. The highest BCUT2D eigenvalue weighted by Crippen LogP contribution is 2.27. The van der Waals surface area contributed by atoms with Gasteiger partial charge < -0.3 is 9.47 Å². The monoisotopic (exact) mass is 427 g/mol. The van der Waals surface area contributed by atoms with Crippen molar-refractivity contribution in [2.45, 2.75) is 11.8 Å². The van der Waals surface area contributed by atoms with Gasteiger partial charge in [0.25, 0.3) is 10.0 Å². The van der Waals surface area contributed by atoms with Crippen LogP contribution in [-0.4, -0.2) is 34.6 Å². The highest BCUT2D eigenvalue weighted by atomic mass is 79.9. The van der Waals surface area contributed by atoms with E-state index in [2.05, 4.69) is 15.9 Å². The number of carbonyl (C=O) groups excluding carboxylic acids is 1. The van der Waals surface area contributed by atoms with Crippen LogP contribution in [0.4, 0.5) is 5.69 Å². The molecule has 8 heteroatoms. The highest BCUT2D eigenvalue weighted by Gasteiger charge is 2.28. The first-order valence-corrected chi connectivity index (χ1v) is 9.69. The molecule has 0 aliphatic rings. The number of halogens is 1. The van der Waals surface area contributed by atoms with Gasteiger partial charge in [-0.1, -0.05) is 22.0 Å². The lowest BCUT2D eigenvalue weighted by Gasteiger charge is -2.24. The molecule has 0 fully saturated rings. The van der Waals surface area contributed by atoms with Crippen molar-refractivity contribution in [3.05, 3.63) is 53.0 Å². The van der Waals surface area contributed by atoms with Gasteiger partial charge in [-0.25, -0.2) is 8.42 Å². The molecule has 0 amide bonds. The van der Waals surface area contributed by atoms with E-state index in [9.17, 15) is 13.2 Å². The second-order valence-corrected chi connectivity index (χ2v) is 7.75. The predicted molar refractivity (Wildman–Crippen MR) is 98.3 cm³/mol. The van der Waals surface area contributed by atoms with Crippen LogP contribution >= 0.6 is 15.9 Å². The Morgan fingerprint density at radius 2 is 1.84 bits per heavy atom. The van der Waals surface area contributed by atoms with Crippen molar-refractivity contribution in [1.82, 2.24) is 0 Å². The third-order valence-electron chi connectivity index (χ3n) is 3.32. The molecule has 0 heterocycles. The molecule has 134 valence electrons. The van der Waals surface area contributed by atoms with E-state index in [1.807, 2.05) is 0 Å². The molecule has 0 aromatic heterocycles. The zero-order valence-corrected chi connectivity index (χ0v) is 16.2. The highest BCUT2D eigenvalue weighted by molar-refractivity contribution is 9.10. The molecular formula is C17H18BrNO5S. The number of esters is 1. The van der Waals surface area contributed by atoms with E-state index in [1.54, 1.807) is 43.3 Å². The summed E-state index contributed by atoms with van der Waals surface area (Å²) in [6.45, 7) is 1.40. The molecule has 0 bridgehead atoms. The first-order valence-electron chi connectivity index (χ1n) is 7.46. The van der Waals surface area contributed by atoms with Crippen LogP contribution in [-0.2, 0) is 19.6 Å². The average molecular weight is 428 g/mol. The molecule has 6 nitrogen and oxygen atoms in total. The molecule has 0 spiro atoms. The summed E-state index contributed by atoms with van der Waals surface area (Å²) in [4.78, 5) is 12.0. The van der Waals surface area contributed by atoms with Gasteiger partial charge in [0.2, 0.25) is 0 Å². The van der Waals surface area contributed by atoms with E-state index in [1.165, 1.54) is 19.2 Å². The van der Waals surface area contributed by atoms with Crippen molar-refractivity contribution in [3.63, 3.8) is 0 Å². The molecule has 2 aromatic rings. The first-order chi connectivity index (χ1) is 11.9. The summed E-state index contributed by atoms with van der Waals surface area (Å²) in [7, 11) is -2.47. The molecule has 2 aromatic carbocycles. The fourth-order valence-corrected chi connectivity index (χ4v) is 3.80. The third kappa shape index (κ3) is 4.73. The van der Waals surface area contributed by atoms with Crippen LogP contribution in [0, 0.1) is 0 Å². The van der Waals surface area contributed by atoms with Crippen LogP contribution < -0.4 is 9.04 Å². The summed E-state index contributed by atoms with van der Waals surface area (Å²) in [5, 5.41) is 0. The maximum Gasteiger partial charge on any atom is 0.326 e. The summed E-state index contributed by atoms with van der Waals surface area (Å²) in [5.41, 5.74) is 0.315. The van der Waals surface area contributed by atoms with Gasteiger partial charge >= 0.3 is 5.97 Å². The maximum atomic E-state index is 13.0. The molecule has 0 atom stereocenters. The van der Waals surface area contributed by atoms with Gasteiger partial charge in [-0.3, -0.25) is 9.10 Å². The summed E-state index contributed by atoms with van der Waals surface area (Å²) in [5.74, 6) is -0.150. The number of methoxy groups -OCH3 is 1. The van der Waals surface area contributed by atoms with Gasteiger partial charge in [-0.05, 0) is 43.3 Å². The Kier molecular flexibility index (Phi) is 6.44. The van der Waals surface area contributed by atoms with E-state index in [0.29, 0.717) is 11.4 Å². The van der Waals surface area contributed by atoms with Gasteiger partial charge in [-0.2, -0.15) is 0 Å². The number of benzene rings is 2. The molecule has 25 heavy (non-hydrogen) atoms. The zero-order chi connectivity index (χ0) is 18.4. The Morgan fingerprint density at radius 1 is 1.16 bits per heavy atom. The molecule has 0 unspecified atom stereocenters. The number of sulfonamides is 1. The number of hydrogen-bond acceptors (Lipinski definition) is 5. The molecule has 0 saturated carbocycles. The van der Waals surface area contributed by atoms with Crippen molar-refractivity contribution in [3.8, 4) is 5.75 Å². The largest absolute Gasteiger partial charge is 0.497 e. The summed E-state index contributed by atoms with van der Waals surface area (Å²) >= 11 is 3.27. The van der Waals surface area contributed by atoms with Crippen LogP contribution in [0.5, 0.6) is 5.75 Å². The number of carbonyl (C=O) groups is 1. The second kappa shape index (κ2) is 8.35. The first kappa shape index (κ1) is 19.3. The lowest BCUT2D eigenvalue weighted by molar-refractivity contribution is -0.141. The van der Waals surface area contributed by atoms with Gasteiger partial charge in [0.05, 0.1) is 24.3 Å². The van der Waals surface area contributed by atoms with E-state index < -0.39 is 22.5 Å². The SMILES string of the molecule is CCOC(=O)CN(c1cccc(OC)c1)S(=O)(=O)c1ccc(Br)cc1. The average Bonchev–Trinajstić information content (AvgIpc) is 2.60. The van der Waals surface area contributed by atoms with Crippen LogP contribution in [0.1, 0.15) is 6.92 Å². The summed E-state index contributed by atoms with van der Waals surface area (Å²) in [6.07, 6.45) is 0. The van der Waals surface area contributed by atoms with Gasteiger partial charge in [0, 0.05) is 10.5 Å². The smallest absolute Gasteiger partial charge is 0.326 e. The van der Waals surface area contributed by atoms with Crippen molar-refractivity contribution >= 4 is 37.6 Å². The number of anilines is 1. The Hall–Kier alpha value is -2.06. The van der Waals surface area contributed by atoms with E-state index in [4.69, 9.17) is 9.47 Å². The lowest BCUT2D eigenvalue weighted by Crippen LogP contribution is -2.36. The van der Waals surface area contributed by atoms with Crippen LogP contribution in [0.3, 0.4) is 0 Å². The number of ether oxygens (including phenoxy) is 2. The summed E-state index contributed by atoms with van der Waals surface area (Å²) < 4.78 is 37.9. The topological polar surface area (TPSA) is 72.9 Å². The van der Waals surface area contributed by atoms with E-state index >= 15 is 0 Å².